The third-order valence-electron chi connectivity index (χ3n) is 2.37. The summed E-state index contributed by atoms with van der Waals surface area (Å²) in [6.07, 6.45) is 2.41. The molecule has 1 aromatic rings. The van der Waals surface area contributed by atoms with Gasteiger partial charge in [0.05, 0.1) is 6.10 Å². The van der Waals surface area contributed by atoms with Gasteiger partial charge in [-0.1, -0.05) is 44.2 Å². The molecule has 1 unspecified atom stereocenters. The minimum atomic E-state index is -0.362. The summed E-state index contributed by atoms with van der Waals surface area (Å²) in [7, 11) is 0. The summed E-state index contributed by atoms with van der Waals surface area (Å²) < 4.78 is 0. The molecule has 2 heteroatoms. The lowest BCUT2D eigenvalue weighted by Crippen LogP contribution is -2.30. The van der Waals surface area contributed by atoms with Crippen molar-refractivity contribution in [3.05, 3.63) is 42.3 Å². The van der Waals surface area contributed by atoms with Crippen molar-refractivity contribution >= 4 is 0 Å². The van der Waals surface area contributed by atoms with Gasteiger partial charge in [0.15, 0.2) is 0 Å². The van der Waals surface area contributed by atoms with Crippen LogP contribution in [0.3, 0.4) is 0 Å². The minimum absolute atomic E-state index is 0.362. The van der Waals surface area contributed by atoms with E-state index in [1.807, 2.05) is 24.6 Å². The molecular weight excluding hydrogens is 198 g/mol. The van der Waals surface area contributed by atoms with E-state index in [1.165, 1.54) is 5.56 Å². The van der Waals surface area contributed by atoms with E-state index in [4.69, 9.17) is 0 Å². The molecule has 0 amide bonds. The molecule has 16 heavy (non-hydrogen) atoms. The highest BCUT2D eigenvalue weighted by molar-refractivity contribution is 5.16. The van der Waals surface area contributed by atoms with Crippen LogP contribution in [0.15, 0.2) is 30.3 Å². The summed E-state index contributed by atoms with van der Waals surface area (Å²) in [6.45, 7) is 5.92. The molecule has 0 aliphatic heterocycles. The van der Waals surface area contributed by atoms with Crippen molar-refractivity contribution in [1.29, 1.82) is 0 Å². The van der Waals surface area contributed by atoms with Gasteiger partial charge in [-0.2, -0.15) is 0 Å². The first-order chi connectivity index (χ1) is 7.68. The Balaban J connectivity index is 2.13. The maximum Gasteiger partial charge on any atom is 0.0699 e. The van der Waals surface area contributed by atoms with Crippen LogP contribution >= 0.6 is 0 Å². The Kier molecular flexibility index (Phi) is 6.12. The predicted molar refractivity (Wildman–Crippen MR) is 68.2 cm³/mol. The number of nitrogens with one attached hydrogen (secondary N) is 1. The Morgan fingerprint density at radius 3 is 2.50 bits per heavy atom. The van der Waals surface area contributed by atoms with Crippen LogP contribution in [0.1, 0.15) is 19.4 Å². The van der Waals surface area contributed by atoms with Crippen molar-refractivity contribution in [3.8, 4) is 0 Å². The number of hydrogen-bond acceptors (Lipinski definition) is 2. The summed E-state index contributed by atoms with van der Waals surface area (Å²) >= 11 is 0. The van der Waals surface area contributed by atoms with Crippen molar-refractivity contribution < 1.29 is 5.11 Å². The van der Waals surface area contributed by atoms with E-state index in [0.717, 1.165) is 13.0 Å². The standard InChI is InChI=1S/C14H22NO/c1-12(2)10-15-11-14(16)9-8-13-6-4-3-5-7-13/h3-7,9,12,14-16H,8,10-11H2,1-2H3. The van der Waals surface area contributed by atoms with Crippen molar-refractivity contribution in [1.82, 2.24) is 5.32 Å². The van der Waals surface area contributed by atoms with Crippen molar-refractivity contribution in [2.75, 3.05) is 13.1 Å². The van der Waals surface area contributed by atoms with Gasteiger partial charge in [0, 0.05) is 6.54 Å². The average molecular weight is 220 g/mol. The van der Waals surface area contributed by atoms with Gasteiger partial charge in [-0.25, -0.2) is 0 Å². The van der Waals surface area contributed by atoms with Gasteiger partial charge in [0.2, 0.25) is 0 Å². The number of rotatable bonds is 7. The SMILES string of the molecule is CC(C)CNCC(O)[CH]Cc1ccccc1. The lowest BCUT2D eigenvalue weighted by atomic mass is 10.1. The summed E-state index contributed by atoms with van der Waals surface area (Å²) in [6, 6.07) is 10.2. The van der Waals surface area contributed by atoms with E-state index in [9.17, 15) is 5.11 Å². The highest BCUT2D eigenvalue weighted by Crippen LogP contribution is 2.03. The molecule has 0 fully saturated rings. The molecule has 2 nitrogen and oxygen atoms in total. The lowest BCUT2D eigenvalue weighted by Gasteiger charge is -2.12. The molecule has 89 valence electrons. The molecule has 2 N–H and O–H groups in total. The lowest BCUT2D eigenvalue weighted by molar-refractivity contribution is 0.199. The van der Waals surface area contributed by atoms with Crippen LogP contribution in [0.4, 0.5) is 0 Å². The third kappa shape index (κ3) is 5.89. The highest BCUT2D eigenvalue weighted by Gasteiger charge is 2.04. The van der Waals surface area contributed by atoms with Gasteiger partial charge in [-0.05, 0) is 30.9 Å². The minimum Gasteiger partial charge on any atom is -0.391 e. The molecule has 0 aromatic heterocycles. The van der Waals surface area contributed by atoms with Gasteiger partial charge < -0.3 is 10.4 Å². The molecule has 0 spiro atoms. The fourth-order valence-electron chi connectivity index (χ4n) is 1.49. The topological polar surface area (TPSA) is 32.3 Å². The first-order valence-corrected chi connectivity index (χ1v) is 5.94. The third-order valence-corrected chi connectivity index (χ3v) is 2.37. The second kappa shape index (κ2) is 7.42. The van der Waals surface area contributed by atoms with Crippen LogP contribution in [0.5, 0.6) is 0 Å². The Morgan fingerprint density at radius 1 is 1.19 bits per heavy atom. The quantitative estimate of drug-likeness (QED) is 0.737. The van der Waals surface area contributed by atoms with Crippen molar-refractivity contribution in [2.45, 2.75) is 26.4 Å². The van der Waals surface area contributed by atoms with Crippen LogP contribution in [0.25, 0.3) is 0 Å². The zero-order chi connectivity index (χ0) is 11.8. The van der Waals surface area contributed by atoms with Crippen LogP contribution in [0, 0.1) is 12.3 Å². The summed E-state index contributed by atoms with van der Waals surface area (Å²) in [5.74, 6) is 0.626. The molecule has 0 aliphatic carbocycles. The zero-order valence-corrected chi connectivity index (χ0v) is 10.2. The van der Waals surface area contributed by atoms with Crippen LogP contribution < -0.4 is 5.32 Å². The van der Waals surface area contributed by atoms with Crippen molar-refractivity contribution in [3.63, 3.8) is 0 Å². The second-order valence-corrected chi connectivity index (χ2v) is 4.54. The first kappa shape index (κ1) is 13.2. The molecule has 0 saturated heterocycles. The summed E-state index contributed by atoms with van der Waals surface area (Å²) in [5.41, 5.74) is 1.24. The predicted octanol–water partition coefficient (Wildman–Crippen LogP) is 2.04. The van der Waals surface area contributed by atoms with E-state index < -0.39 is 0 Å². The number of aliphatic hydroxyl groups is 1. The van der Waals surface area contributed by atoms with Gasteiger partial charge >= 0.3 is 0 Å². The van der Waals surface area contributed by atoms with E-state index in [-0.39, 0.29) is 6.10 Å². The second-order valence-electron chi connectivity index (χ2n) is 4.54. The van der Waals surface area contributed by atoms with Crippen LogP contribution in [0.2, 0.25) is 0 Å². The number of aliphatic hydroxyl groups excluding tert-OH is 1. The van der Waals surface area contributed by atoms with Crippen LogP contribution in [-0.2, 0) is 6.42 Å². The van der Waals surface area contributed by atoms with Gasteiger partial charge in [0.25, 0.3) is 0 Å². The van der Waals surface area contributed by atoms with E-state index in [0.29, 0.717) is 12.5 Å². The zero-order valence-electron chi connectivity index (χ0n) is 10.2. The molecule has 0 aliphatic rings. The maximum absolute atomic E-state index is 9.71. The maximum atomic E-state index is 9.71. The van der Waals surface area contributed by atoms with Crippen LogP contribution in [-0.4, -0.2) is 24.3 Å². The Labute approximate surface area is 98.7 Å². The fraction of sp³-hybridized carbons (Fsp3) is 0.500. The normalized spacial score (nSPS) is 13.0. The fourth-order valence-corrected chi connectivity index (χ4v) is 1.49. The molecule has 0 saturated carbocycles. The Hall–Kier alpha value is -0.860. The summed E-state index contributed by atoms with van der Waals surface area (Å²) in [4.78, 5) is 0. The average Bonchev–Trinajstić information content (AvgIpc) is 2.27. The molecule has 1 atom stereocenters. The number of hydrogen-bond donors (Lipinski definition) is 2. The van der Waals surface area contributed by atoms with Crippen molar-refractivity contribution in [2.24, 2.45) is 5.92 Å². The molecular formula is C14H22NO. The Bertz CT molecular complexity index is 271. The molecule has 1 radical (unpaired) electrons. The molecule has 0 bridgehead atoms. The molecule has 1 aromatic carbocycles. The monoisotopic (exact) mass is 220 g/mol. The first-order valence-electron chi connectivity index (χ1n) is 5.94. The highest BCUT2D eigenvalue weighted by atomic mass is 16.3. The smallest absolute Gasteiger partial charge is 0.0699 e. The molecule has 0 heterocycles. The van der Waals surface area contributed by atoms with Gasteiger partial charge in [-0.15, -0.1) is 0 Å². The van der Waals surface area contributed by atoms with Gasteiger partial charge in [0.1, 0.15) is 0 Å². The van der Waals surface area contributed by atoms with E-state index >= 15 is 0 Å². The number of benzene rings is 1. The Morgan fingerprint density at radius 2 is 1.88 bits per heavy atom. The molecule has 1 rings (SSSR count). The summed E-state index contributed by atoms with van der Waals surface area (Å²) in [5, 5.41) is 12.9. The van der Waals surface area contributed by atoms with E-state index in [2.05, 4.69) is 31.3 Å². The van der Waals surface area contributed by atoms with Gasteiger partial charge in [-0.3, -0.25) is 0 Å². The van der Waals surface area contributed by atoms with E-state index in [1.54, 1.807) is 0 Å². The largest absolute Gasteiger partial charge is 0.391 e.